The highest BCUT2D eigenvalue weighted by Crippen LogP contribution is 2.17. The SMILES string of the molecule is CCOC(=O)c1cc(C)n(CC(=O)O[C@H](C)C(=O)Nc2ccc(OC)cc2)c1C. The molecule has 29 heavy (non-hydrogen) atoms. The van der Waals surface area contributed by atoms with Gasteiger partial charge in [-0.1, -0.05) is 0 Å². The summed E-state index contributed by atoms with van der Waals surface area (Å²) in [6.07, 6.45) is -0.981. The summed E-state index contributed by atoms with van der Waals surface area (Å²) < 4.78 is 17.0. The van der Waals surface area contributed by atoms with Gasteiger partial charge in [0.2, 0.25) is 0 Å². The number of amides is 1. The maximum atomic E-state index is 12.3. The van der Waals surface area contributed by atoms with Crippen molar-refractivity contribution in [2.75, 3.05) is 19.0 Å². The molecule has 1 aromatic carbocycles. The topological polar surface area (TPSA) is 95.9 Å². The smallest absolute Gasteiger partial charge is 0.339 e. The molecule has 0 aliphatic heterocycles. The van der Waals surface area contributed by atoms with Crippen molar-refractivity contribution in [3.63, 3.8) is 0 Å². The minimum Gasteiger partial charge on any atom is -0.497 e. The third-order valence-corrected chi connectivity index (χ3v) is 4.39. The fourth-order valence-electron chi connectivity index (χ4n) is 2.80. The summed E-state index contributed by atoms with van der Waals surface area (Å²) >= 11 is 0. The first-order valence-electron chi connectivity index (χ1n) is 9.25. The van der Waals surface area contributed by atoms with E-state index in [9.17, 15) is 14.4 Å². The Labute approximate surface area is 169 Å². The molecule has 2 aromatic rings. The van der Waals surface area contributed by atoms with Crippen molar-refractivity contribution >= 4 is 23.5 Å². The minimum atomic E-state index is -0.981. The molecule has 0 aliphatic rings. The Morgan fingerprint density at radius 3 is 2.38 bits per heavy atom. The predicted octanol–water partition coefficient (Wildman–Crippen LogP) is 2.86. The van der Waals surface area contributed by atoms with E-state index in [1.54, 1.807) is 62.8 Å². The number of anilines is 1. The third kappa shape index (κ3) is 5.60. The van der Waals surface area contributed by atoms with Gasteiger partial charge in [-0.05, 0) is 58.0 Å². The molecule has 8 nitrogen and oxygen atoms in total. The van der Waals surface area contributed by atoms with E-state index in [2.05, 4.69) is 5.32 Å². The van der Waals surface area contributed by atoms with E-state index in [0.717, 1.165) is 5.69 Å². The maximum absolute atomic E-state index is 12.3. The molecule has 0 saturated carbocycles. The fraction of sp³-hybridized carbons (Fsp3) is 0.381. The molecule has 0 spiro atoms. The molecule has 0 aliphatic carbocycles. The molecule has 1 aromatic heterocycles. The van der Waals surface area contributed by atoms with Crippen LogP contribution in [0.1, 0.15) is 35.6 Å². The van der Waals surface area contributed by atoms with E-state index in [1.807, 2.05) is 0 Å². The summed E-state index contributed by atoms with van der Waals surface area (Å²) in [6, 6.07) is 8.47. The Bertz CT molecular complexity index is 885. The lowest BCUT2D eigenvalue weighted by Gasteiger charge is -2.15. The van der Waals surface area contributed by atoms with Gasteiger partial charge in [0.1, 0.15) is 12.3 Å². The number of carbonyl (C=O) groups is 3. The molecular weight excluding hydrogens is 376 g/mol. The van der Waals surface area contributed by atoms with Crippen molar-refractivity contribution in [2.45, 2.75) is 40.3 Å². The molecule has 0 bridgehead atoms. The number of esters is 2. The number of nitrogens with one attached hydrogen (secondary N) is 1. The zero-order chi connectivity index (χ0) is 21.6. The van der Waals surface area contributed by atoms with Crippen LogP contribution < -0.4 is 10.1 Å². The van der Waals surface area contributed by atoms with Crippen LogP contribution in [0.4, 0.5) is 5.69 Å². The molecule has 8 heteroatoms. The van der Waals surface area contributed by atoms with Gasteiger partial charge in [0, 0.05) is 17.1 Å². The zero-order valence-corrected chi connectivity index (χ0v) is 17.3. The van der Waals surface area contributed by atoms with Gasteiger partial charge in [0.25, 0.3) is 5.91 Å². The average Bonchev–Trinajstić information content (AvgIpc) is 2.97. The molecule has 0 unspecified atom stereocenters. The van der Waals surface area contributed by atoms with Crippen LogP contribution in [0.2, 0.25) is 0 Å². The average molecular weight is 402 g/mol. The van der Waals surface area contributed by atoms with Crippen LogP contribution in [0.25, 0.3) is 0 Å². The van der Waals surface area contributed by atoms with Gasteiger partial charge in [-0.2, -0.15) is 0 Å². The van der Waals surface area contributed by atoms with Crippen molar-refractivity contribution < 1.29 is 28.6 Å². The fourth-order valence-corrected chi connectivity index (χ4v) is 2.80. The second-order valence-corrected chi connectivity index (χ2v) is 6.44. The minimum absolute atomic E-state index is 0.114. The summed E-state index contributed by atoms with van der Waals surface area (Å²) in [7, 11) is 1.55. The van der Waals surface area contributed by atoms with E-state index in [4.69, 9.17) is 14.2 Å². The highest BCUT2D eigenvalue weighted by molar-refractivity contribution is 5.95. The number of hydrogen-bond acceptors (Lipinski definition) is 6. The Morgan fingerprint density at radius 2 is 1.79 bits per heavy atom. The van der Waals surface area contributed by atoms with E-state index >= 15 is 0 Å². The Balaban J connectivity index is 1.97. The number of carbonyl (C=O) groups excluding carboxylic acids is 3. The zero-order valence-electron chi connectivity index (χ0n) is 17.3. The van der Waals surface area contributed by atoms with E-state index in [1.165, 1.54) is 6.92 Å². The second kappa shape index (κ2) is 9.77. The maximum Gasteiger partial charge on any atom is 0.339 e. The Kier molecular flexibility index (Phi) is 7.41. The molecular formula is C21H26N2O6. The molecule has 1 heterocycles. The van der Waals surface area contributed by atoms with Crippen LogP contribution in [0.15, 0.2) is 30.3 Å². The van der Waals surface area contributed by atoms with Gasteiger partial charge in [-0.3, -0.25) is 9.59 Å². The summed E-state index contributed by atoms with van der Waals surface area (Å²) in [5, 5.41) is 2.68. The van der Waals surface area contributed by atoms with Crippen LogP contribution in [-0.2, 0) is 25.6 Å². The normalized spacial score (nSPS) is 11.5. The standard InChI is InChI=1S/C21H26N2O6/c1-6-28-21(26)18-11-13(2)23(14(18)3)12-19(24)29-15(4)20(25)22-16-7-9-17(27-5)10-8-16/h7-11,15H,6,12H2,1-5H3,(H,22,25)/t15-/m1/s1. The van der Waals surface area contributed by atoms with Gasteiger partial charge >= 0.3 is 11.9 Å². The number of aromatic nitrogens is 1. The molecule has 1 atom stereocenters. The first-order chi connectivity index (χ1) is 13.8. The van der Waals surface area contributed by atoms with Gasteiger partial charge in [0.15, 0.2) is 6.10 Å². The number of hydrogen-bond donors (Lipinski definition) is 1. The number of methoxy groups -OCH3 is 1. The summed E-state index contributed by atoms with van der Waals surface area (Å²) in [6.45, 7) is 6.89. The van der Waals surface area contributed by atoms with Crippen LogP contribution in [-0.4, -0.2) is 42.2 Å². The Hall–Kier alpha value is -3.29. The van der Waals surface area contributed by atoms with Gasteiger partial charge in [-0.25, -0.2) is 4.79 Å². The number of rotatable bonds is 8. The van der Waals surface area contributed by atoms with Gasteiger partial charge in [-0.15, -0.1) is 0 Å². The number of nitrogens with zero attached hydrogens (tertiary/aromatic N) is 1. The summed E-state index contributed by atoms with van der Waals surface area (Å²) in [5.74, 6) is -0.800. The number of benzene rings is 1. The molecule has 0 radical (unpaired) electrons. The van der Waals surface area contributed by atoms with E-state index in [0.29, 0.717) is 22.7 Å². The number of aryl methyl sites for hydroxylation is 1. The largest absolute Gasteiger partial charge is 0.497 e. The molecule has 2 rings (SSSR count). The van der Waals surface area contributed by atoms with Crippen molar-refractivity contribution in [2.24, 2.45) is 0 Å². The lowest BCUT2D eigenvalue weighted by Crippen LogP contribution is -2.31. The van der Waals surface area contributed by atoms with Crippen LogP contribution in [0, 0.1) is 13.8 Å². The first kappa shape index (κ1) is 22.0. The predicted molar refractivity (Wildman–Crippen MR) is 107 cm³/mol. The highest BCUT2D eigenvalue weighted by atomic mass is 16.5. The van der Waals surface area contributed by atoms with Crippen molar-refractivity contribution in [1.29, 1.82) is 0 Å². The lowest BCUT2D eigenvalue weighted by atomic mass is 10.2. The summed E-state index contributed by atoms with van der Waals surface area (Å²) in [5.41, 5.74) is 2.29. The van der Waals surface area contributed by atoms with Crippen LogP contribution in [0.5, 0.6) is 5.75 Å². The molecule has 1 amide bonds. The second-order valence-electron chi connectivity index (χ2n) is 6.44. The molecule has 1 N–H and O–H groups in total. The summed E-state index contributed by atoms with van der Waals surface area (Å²) in [4.78, 5) is 36.6. The van der Waals surface area contributed by atoms with E-state index in [-0.39, 0.29) is 13.2 Å². The van der Waals surface area contributed by atoms with Crippen molar-refractivity contribution in [1.82, 2.24) is 4.57 Å². The number of ether oxygens (including phenoxy) is 3. The third-order valence-electron chi connectivity index (χ3n) is 4.39. The van der Waals surface area contributed by atoms with Gasteiger partial charge < -0.3 is 24.1 Å². The van der Waals surface area contributed by atoms with E-state index < -0.39 is 23.9 Å². The van der Waals surface area contributed by atoms with Crippen molar-refractivity contribution in [3.8, 4) is 5.75 Å². The Morgan fingerprint density at radius 1 is 1.14 bits per heavy atom. The van der Waals surface area contributed by atoms with Crippen LogP contribution in [0.3, 0.4) is 0 Å². The lowest BCUT2D eigenvalue weighted by molar-refractivity contribution is -0.153. The van der Waals surface area contributed by atoms with Crippen molar-refractivity contribution in [3.05, 3.63) is 47.3 Å². The van der Waals surface area contributed by atoms with Crippen LogP contribution >= 0.6 is 0 Å². The molecule has 0 fully saturated rings. The quantitative estimate of drug-likeness (QED) is 0.682. The molecule has 0 saturated heterocycles. The first-order valence-corrected chi connectivity index (χ1v) is 9.25. The van der Waals surface area contributed by atoms with Gasteiger partial charge in [0.05, 0.1) is 19.3 Å². The molecule has 156 valence electrons. The monoisotopic (exact) mass is 402 g/mol. The highest BCUT2D eigenvalue weighted by Gasteiger charge is 2.21.